The molecule has 1 aliphatic heterocycles. The normalized spacial score (nSPS) is 23.7. The first-order chi connectivity index (χ1) is 10.3. The van der Waals surface area contributed by atoms with Crippen molar-refractivity contribution in [1.82, 2.24) is 19.5 Å². The number of rotatable bonds is 4. The molecule has 14 heteroatoms. The van der Waals surface area contributed by atoms with Crippen LogP contribution in [-0.2, 0) is 13.8 Å². The first-order valence-electron chi connectivity index (χ1n) is 6.28. The Morgan fingerprint density at radius 1 is 1.42 bits per heavy atom. The van der Waals surface area contributed by atoms with Crippen molar-refractivity contribution in [2.45, 2.75) is 24.9 Å². The minimum atomic E-state index is -5.12. The number of fused-ring (bicyclic) bond motifs is 1. The van der Waals surface area contributed by atoms with Crippen LogP contribution in [0.5, 0.6) is 0 Å². The van der Waals surface area contributed by atoms with E-state index >= 15 is 0 Å². The molecule has 2 aromatic rings. The predicted octanol–water partition coefficient (Wildman–Crippen LogP) is -8.09. The van der Waals surface area contributed by atoms with E-state index in [1.165, 1.54) is 12.7 Å². The molecule has 11 nitrogen and oxygen atoms in total. The number of phosphoric ester groups is 1. The van der Waals surface area contributed by atoms with Crippen LogP contribution < -0.4 is 53.2 Å². The Balaban J connectivity index is 0.00000144. The fourth-order valence-electron chi connectivity index (χ4n) is 2.28. The van der Waals surface area contributed by atoms with Crippen LogP contribution >= 0.6 is 7.82 Å². The van der Waals surface area contributed by atoms with Crippen molar-refractivity contribution in [1.29, 1.82) is 0 Å². The van der Waals surface area contributed by atoms with Crippen molar-refractivity contribution in [2.24, 2.45) is 0 Å². The van der Waals surface area contributed by atoms with E-state index in [0.29, 0.717) is 11.2 Å². The molecule has 3 heterocycles. The average Bonchev–Trinajstić information content (AvgIpc) is 3.00. The molecule has 3 rings (SSSR count). The first-order valence-corrected chi connectivity index (χ1v) is 7.74. The van der Waals surface area contributed by atoms with E-state index in [2.05, 4.69) is 19.5 Å². The summed E-state index contributed by atoms with van der Waals surface area (Å²) in [6.45, 7) is -0.550. The maximum Gasteiger partial charge on any atom is 1.00 e. The molecule has 0 aromatic carbocycles. The number of aliphatic hydroxyl groups is 1. The van der Waals surface area contributed by atoms with Gasteiger partial charge in [0.15, 0.2) is 11.5 Å². The fourth-order valence-corrected chi connectivity index (χ4v) is 2.61. The number of aliphatic hydroxyl groups excluding tert-OH is 1. The van der Waals surface area contributed by atoms with Gasteiger partial charge in [-0.2, -0.15) is 0 Å². The number of phosphoric acid groups is 1. The number of hydrogen-bond acceptors (Lipinski definition) is 10. The Bertz CT molecular complexity index is 742. The third-order valence-electron chi connectivity index (χ3n) is 3.30. The fraction of sp³-hybridized carbons (Fsp3) is 0.500. The van der Waals surface area contributed by atoms with Crippen LogP contribution in [-0.4, -0.2) is 43.4 Å². The number of ether oxygens (including phenoxy) is 1. The van der Waals surface area contributed by atoms with Crippen LogP contribution in [0.3, 0.4) is 0 Å². The van der Waals surface area contributed by atoms with Crippen molar-refractivity contribution < 1.29 is 66.4 Å². The molecule has 24 heavy (non-hydrogen) atoms. The average molecular weight is 358 g/mol. The molecule has 1 aliphatic rings. The molecule has 0 aliphatic carbocycles. The van der Waals surface area contributed by atoms with E-state index in [1.807, 2.05) is 0 Å². The van der Waals surface area contributed by atoms with Crippen LogP contribution in [0.2, 0.25) is 0 Å². The number of nitrogen functional groups attached to an aromatic ring is 1. The van der Waals surface area contributed by atoms with Crippen molar-refractivity contribution in [3.05, 3.63) is 12.7 Å². The Morgan fingerprint density at radius 3 is 2.79 bits per heavy atom. The number of aromatic nitrogens is 4. The molecule has 0 unspecified atom stereocenters. The Labute approximate surface area is 160 Å². The molecule has 1 saturated heterocycles. The standard InChI is InChI=1S/C10H14N5O6P.2Li/c11-9-8-10(13-3-12-9)15(4-14-8)7-1-5(16)6(21-7)2-20-22(17,18)19;;/h3-7,16H,1-2H2,(H2,11,12,13)(H2,17,18,19);;/q;2*+1/p-2/t5-,6-,7-;;/m1../s1/i1+1,2+1,3+1,4+1,5+1,6+1,7+1,8+1,9+1,10+1,11+1,12+1,13+1,14+1,15+1;;. The number of imidazole rings is 1. The number of anilines is 1. The van der Waals surface area contributed by atoms with Gasteiger partial charge in [0, 0.05) is 6.42 Å². The summed E-state index contributed by atoms with van der Waals surface area (Å²) in [6, 6.07) is 0. The molecule has 0 radical (unpaired) electrons. The summed E-state index contributed by atoms with van der Waals surface area (Å²) in [5.74, 6) is 0.209. The molecular weight excluding hydrogens is 346 g/mol. The summed E-state index contributed by atoms with van der Waals surface area (Å²) in [7, 11) is -5.12. The van der Waals surface area contributed by atoms with Crippen molar-refractivity contribution in [3.8, 4) is 0 Å². The van der Waals surface area contributed by atoms with Gasteiger partial charge in [-0.3, -0.25) is 4.57 Å². The number of nitrogens with zero attached hydrogens (tertiary/aromatic N) is 4. The zero-order chi connectivity index (χ0) is 15.9. The molecule has 0 bridgehead atoms. The quantitative estimate of drug-likeness (QED) is 0.231. The molecule has 1 fully saturated rings. The van der Waals surface area contributed by atoms with E-state index in [-0.39, 0.29) is 50.0 Å². The van der Waals surface area contributed by atoms with Crippen molar-refractivity contribution in [2.75, 3.05) is 12.3 Å². The molecule has 2 aromatic heterocycles. The monoisotopic (exact) mass is 358 g/mol. The molecule has 0 amide bonds. The number of nitrogens with two attached hydrogens (primary N) is 1. The maximum absolute atomic E-state index is 10.5. The van der Waals surface area contributed by atoms with Gasteiger partial charge in [0.25, 0.3) is 0 Å². The second-order valence-electron chi connectivity index (χ2n) is 4.76. The molecular formula is C10H12Li2N5O6P. The van der Waals surface area contributed by atoms with E-state index in [1.54, 1.807) is 4.57 Å². The second kappa shape index (κ2) is 8.30. The summed E-state index contributed by atoms with van der Waals surface area (Å²) >= 11 is 0. The van der Waals surface area contributed by atoms with Crippen LogP contribution in [0.1, 0.15) is 12.6 Å². The minimum absolute atomic E-state index is 0. The Morgan fingerprint density at radius 2 is 2.12 bits per heavy atom. The summed E-state index contributed by atoms with van der Waals surface area (Å²) in [4.78, 5) is 32.9. The molecule has 3 N–H and O–H groups in total. The van der Waals surface area contributed by atoms with Gasteiger partial charge in [0.2, 0.25) is 0 Å². The number of hydrogen-bond donors (Lipinski definition) is 2. The van der Waals surface area contributed by atoms with E-state index in [4.69, 9.17) is 10.5 Å². The minimum Gasteiger partial charge on any atom is -0.790 e. The summed E-state index contributed by atoms with van der Waals surface area (Å²) in [5, 5.41) is 9.89. The van der Waals surface area contributed by atoms with Crippen molar-refractivity contribution in [3.63, 3.8) is 0 Å². The SMILES string of the molecule is [15NH2][13c]1[15n][13cH][15n][13c]2[13c]1[15n][13cH][15n]2[13C@H]1[13CH2][13C@@H](O)[13C@@H]([13CH2]OP(=O)([O-])[O-])O1.[Li+].[Li+]. The Kier molecular flexibility index (Phi) is 7.48. The van der Waals surface area contributed by atoms with Crippen LogP contribution in [0.4, 0.5) is 5.82 Å². The Hall–Kier alpha value is -0.425. The van der Waals surface area contributed by atoms with Gasteiger partial charge in [-0.1, -0.05) is 0 Å². The van der Waals surface area contributed by atoms with Crippen LogP contribution in [0.15, 0.2) is 12.7 Å². The maximum atomic E-state index is 10.5. The molecule has 120 valence electrons. The smallest absolute Gasteiger partial charge is 0.790 e. The van der Waals surface area contributed by atoms with Gasteiger partial charge >= 0.3 is 37.7 Å². The zero-order valence-electron chi connectivity index (χ0n) is 13.1. The van der Waals surface area contributed by atoms with Gasteiger partial charge in [0.1, 0.15) is 24.2 Å². The van der Waals surface area contributed by atoms with Gasteiger partial charge in [0.05, 0.1) is 26.9 Å². The van der Waals surface area contributed by atoms with Gasteiger partial charge in [-0.15, -0.1) is 0 Å². The van der Waals surface area contributed by atoms with E-state index < -0.39 is 32.9 Å². The first kappa shape index (κ1) is 21.6. The third-order valence-corrected chi connectivity index (χ3v) is 3.76. The summed E-state index contributed by atoms with van der Waals surface area (Å²) in [5.41, 5.74) is 6.49. The molecule has 0 spiro atoms. The molecule has 0 saturated carbocycles. The van der Waals surface area contributed by atoms with Gasteiger partial charge < -0.3 is 34.5 Å². The van der Waals surface area contributed by atoms with Gasteiger partial charge in [-0.05, 0) is 0 Å². The van der Waals surface area contributed by atoms with Crippen LogP contribution in [0, 0.1) is 0 Å². The summed E-state index contributed by atoms with van der Waals surface area (Å²) in [6.07, 6.45) is 0.285. The zero-order valence-corrected chi connectivity index (χ0v) is 14.0. The topological polar surface area (TPSA) is 172 Å². The van der Waals surface area contributed by atoms with Gasteiger partial charge in [-0.25, -0.2) is 15.0 Å². The molecule has 3 atom stereocenters. The predicted molar refractivity (Wildman–Crippen MR) is 67.8 cm³/mol. The van der Waals surface area contributed by atoms with Crippen molar-refractivity contribution >= 4 is 24.8 Å². The van der Waals surface area contributed by atoms with Crippen LogP contribution in [0.25, 0.3) is 11.2 Å². The summed E-state index contributed by atoms with van der Waals surface area (Å²) < 4.78 is 21.7. The third kappa shape index (κ3) is 4.60. The largest absolute Gasteiger partial charge is 1.00 e. The van der Waals surface area contributed by atoms with E-state index in [0.717, 1.165) is 0 Å². The van der Waals surface area contributed by atoms with E-state index in [9.17, 15) is 19.5 Å². The second-order valence-corrected chi connectivity index (χ2v) is 5.91.